The summed E-state index contributed by atoms with van der Waals surface area (Å²) in [7, 11) is 0. The number of amides is 2. The summed E-state index contributed by atoms with van der Waals surface area (Å²) in [5, 5.41) is 15.1. The number of rotatable bonds is 10. The van der Waals surface area contributed by atoms with Gasteiger partial charge in [-0.1, -0.05) is 85.1 Å². The maximum atomic E-state index is 13.0. The molecule has 0 aliphatic carbocycles. The molecular formula is C25H29BrN4O2S. The molecule has 2 aromatic carbocycles. The third kappa shape index (κ3) is 6.95. The topological polar surface area (TPSA) is 84.0 Å². The smallest absolute Gasteiger partial charge is 0.251 e. The Bertz CT molecular complexity index is 1070. The average Bonchev–Trinajstić information content (AvgIpc) is 3.29. The quantitative estimate of drug-likeness (QED) is 0.333. The molecule has 0 aliphatic heterocycles. The van der Waals surface area contributed by atoms with E-state index in [0.717, 1.165) is 35.7 Å². The van der Waals surface area contributed by atoms with E-state index in [9.17, 15) is 9.59 Å². The van der Waals surface area contributed by atoms with Gasteiger partial charge in [0.1, 0.15) is 11.0 Å². The Labute approximate surface area is 207 Å². The number of nitrogens with zero attached hydrogens (tertiary/aromatic N) is 2. The first-order valence-corrected chi connectivity index (χ1v) is 12.8. The number of anilines is 1. The van der Waals surface area contributed by atoms with E-state index in [1.54, 1.807) is 0 Å². The average molecular weight is 530 g/mol. The molecule has 0 aliphatic rings. The summed E-state index contributed by atoms with van der Waals surface area (Å²) < 4.78 is 0.979. The van der Waals surface area contributed by atoms with Crippen LogP contribution in [0.15, 0.2) is 53.0 Å². The second-order valence-electron chi connectivity index (χ2n) is 8.05. The van der Waals surface area contributed by atoms with Crippen LogP contribution in [0.2, 0.25) is 0 Å². The number of benzene rings is 2. The first kappa shape index (κ1) is 25.1. The summed E-state index contributed by atoms with van der Waals surface area (Å²) in [6, 6.07) is 14.7. The van der Waals surface area contributed by atoms with Crippen LogP contribution in [-0.4, -0.2) is 28.1 Å². The lowest BCUT2D eigenvalue weighted by Gasteiger charge is -2.23. The van der Waals surface area contributed by atoms with Crippen LogP contribution in [0.1, 0.15) is 56.0 Å². The first-order valence-electron chi connectivity index (χ1n) is 11.2. The van der Waals surface area contributed by atoms with Crippen LogP contribution >= 0.6 is 27.3 Å². The molecule has 0 radical (unpaired) electrons. The first-order chi connectivity index (χ1) is 15.9. The van der Waals surface area contributed by atoms with E-state index in [-0.39, 0.29) is 17.7 Å². The van der Waals surface area contributed by atoms with Crippen molar-refractivity contribution in [2.75, 3.05) is 5.32 Å². The molecule has 0 saturated carbocycles. The zero-order valence-corrected chi connectivity index (χ0v) is 21.5. The Morgan fingerprint density at radius 3 is 2.36 bits per heavy atom. The van der Waals surface area contributed by atoms with Crippen LogP contribution in [0, 0.1) is 5.92 Å². The highest BCUT2D eigenvalue weighted by Crippen LogP contribution is 2.27. The molecule has 0 bridgehead atoms. The maximum Gasteiger partial charge on any atom is 0.251 e. The van der Waals surface area contributed by atoms with Crippen molar-refractivity contribution in [3.63, 3.8) is 0 Å². The summed E-state index contributed by atoms with van der Waals surface area (Å²) in [5.74, 6) is -0.599. The molecule has 2 amide bonds. The van der Waals surface area contributed by atoms with Gasteiger partial charge >= 0.3 is 0 Å². The van der Waals surface area contributed by atoms with Crippen LogP contribution < -0.4 is 10.6 Å². The van der Waals surface area contributed by atoms with Gasteiger partial charge in [0.05, 0.1) is 0 Å². The molecule has 8 heteroatoms. The van der Waals surface area contributed by atoms with E-state index in [1.807, 2.05) is 62.4 Å². The molecule has 0 spiro atoms. The fraction of sp³-hybridized carbons (Fsp3) is 0.360. The number of hydrogen-bond donors (Lipinski definition) is 2. The zero-order valence-electron chi connectivity index (χ0n) is 19.1. The molecular weight excluding hydrogens is 500 g/mol. The Balaban J connectivity index is 1.67. The Morgan fingerprint density at radius 2 is 1.73 bits per heavy atom. The number of carbonyl (C=O) groups excluding carboxylic acids is 2. The van der Waals surface area contributed by atoms with Crippen molar-refractivity contribution in [1.29, 1.82) is 0 Å². The van der Waals surface area contributed by atoms with E-state index >= 15 is 0 Å². The van der Waals surface area contributed by atoms with Gasteiger partial charge in [0.2, 0.25) is 11.0 Å². The van der Waals surface area contributed by atoms with Crippen molar-refractivity contribution in [1.82, 2.24) is 15.5 Å². The molecule has 33 heavy (non-hydrogen) atoms. The van der Waals surface area contributed by atoms with Crippen molar-refractivity contribution in [3.05, 3.63) is 64.1 Å². The molecule has 3 aromatic rings. The fourth-order valence-electron chi connectivity index (χ4n) is 3.30. The van der Waals surface area contributed by atoms with Gasteiger partial charge in [0, 0.05) is 15.6 Å². The van der Waals surface area contributed by atoms with Gasteiger partial charge in [-0.15, -0.1) is 10.2 Å². The normalized spacial score (nSPS) is 12.7. The second-order valence-corrected chi connectivity index (χ2v) is 9.94. The van der Waals surface area contributed by atoms with Crippen LogP contribution in [0.4, 0.5) is 5.13 Å². The van der Waals surface area contributed by atoms with Crippen LogP contribution in [0.25, 0.3) is 10.6 Å². The molecule has 6 nitrogen and oxygen atoms in total. The Morgan fingerprint density at radius 1 is 1.03 bits per heavy atom. The van der Waals surface area contributed by atoms with Crippen molar-refractivity contribution in [3.8, 4) is 10.6 Å². The summed E-state index contributed by atoms with van der Waals surface area (Å²) in [6.07, 6.45) is 4.00. The summed E-state index contributed by atoms with van der Waals surface area (Å²) in [6.45, 7) is 6.10. The number of halogens is 1. The van der Waals surface area contributed by atoms with Gasteiger partial charge in [-0.3, -0.25) is 14.9 Å². The SMILES string of the molecule is CCCCc1ccc(C(=O)NC(C(=O)Nc2nnc(-c3ccc(Br)cc3)s2)C(C)CC)cc1. The van der Waals surface area contributed by atoms with Crippen molar-refractivity contribution >= 4 is 44.2 Å². The number of hydrogen-bond acceptors (Lipinski definition) is 5. The molecule has 0 saturated heterocycles. The van der Waals surface area contributed by atoms with Gasteiger partial charge in [0.15, 0.2) is 0 Å². The lowest BCUT2D eigenvalue weighted by molar-refractivity contribution is -0.119. The number of nitrogens with one attached hydrogen (secondary N) is 2. The minimum atomic E-state index is -0.678. The standard InChI is InChI=1S/C25H29BrN4O2S/c1-4-6-7-17-8-10-18(11-9-17)22(31)27-21(16(3)5-2)23(32)28-25-30-29-24(33-25)19-12-14-20(26)15-13-19/h8-16,21H,4-7H2,1-3H3,(H,27,31)(H,28,30,32). The molecule has 1 heterocycles. The van der Waals surface area contributed by atoms with Crippen LogP contribution in [-0.2, 0) is 11.2 Å². The summed E-state index contributed by atoms with van der Waals surface area (Å²) in [4.78, 5) is 25.9. The van der Waals surface area contributed by atoms with E-state index < -0.39 is 6.04 Å². The minimum Gasteiger partial charge on any atom is -0.340 e. The van der Waals surface area contributed by atoms with Gasteiger partial charge in [-0.05, 0) is 48.6 Å². The number of aromatic nitrogens is 2. The van der Waals surface area contributed by atoms with E-state index in [0.29, 0.717) is 15.7 Å². The molecule has 2 unspecified atom stereocenters. The van der Waals surface area contributed by atoms with E-state index in [4.69, 9.17) is 0 Å². The predicted octanol–water partition coefficient (Wildman–Crippen LogP) is 6.09. The molecule has 174 valence electrons. The second kappa shape index (κ2) is 12.0. The highest BCUT2D eigenvalue weighted by molar-refractivity contribution is 9.10. The summed E-state index contributed by atoms with van der Waals surface area (Å²) in [5.41, 5.74) is 2.68. The van der Waals surface area contributed by atoms with E-state index in [1.165, 1.54) is 16.9 Å². The highest BCUT2D eigenvalue weighted by Gasteiger charge is 2.27. The highest BCUT2D eigenvalue weighted by atomic mass is 79.9. The van der Waals surface area contributed by atoms with E-state index in [2.05, 4.69) is 43.7 Å². The lowest BCUT2D eigenvalue weighted by Crippen LogP contribution is -2.47. The van der Waals surface area contributed by atoms with Crippen molar-refractivity contribution < 1.29 is 9.59 Å². The molecule has 3 rings (SSSR count). The summed E-state index contributed by atoms with van der Waals surface area (Å²) >= 11 is 4.72. The molecule has 0 fully saturated rings. The van der Waals surface area contributed by atoms with Gasteiger partial charge < -0.3 is 5.32 Å². The van der Waals surface area contributed by atoms with Gasteiger partial charge in [-0.2, -0.15) is 0 Å². The molecule has 2 N–H and O–H groups in total. The van der Waals surface area contributed by atoms with Gasteiger partial charge in [0.25, 0.3) is 5.91 Å². The number of carbonyl (C=O) groups is 2. The monoisotopic (exact) mass is 528 g/mol. The third-order valence-electron chi connectivity index (χ3n) is 5.56. The molecule has 1 aromatic heterocycles. The Hall–Kier alpha value is -2.58. The Kier molecular flexibility index (Phi) is 9.14. The van der Waals surface area contributed by atoms with Crippen LogP contribution in [0.3, 0.4) is 0 Å². The predicted molar refractivity (Wildman–Crippen MR) is 137 cm³/mol. The van der Waals surface area contributed by atoms with Crippen LogP contribution in [0.5, 0.6) is 0 Å². The largest absolute Gasteiger partial charge is 0.340 e. The van der Waals surface area contributed by atoms with Crippen molar-refractivity contribution in [2.45, 2.75) is 52.5 Å². The third-order valence-corrected chi connectivity index (χ3v) is 6.98. The lowest BCUT2D eigenvalue weighted by atomic mass is 9.97. The maximum absolute atomic E-state index is 13.0. The number of unbranched alkanes of at least 4 members (excludes halogenated alkanes) is 1. The fourth-order valence-corrected chi connectivity index (χ4v) is 4.31. The molecule has 2 atom stereocenters. The zero-order chi connectivity index (χ0) is 23.8. The number of aryl methyl sites for hydroxylation is 1. The van der Waals surface area contributed by atoms with Crippen molar-refractivity contribution in [2.24, 2.45) is 5.92 Å². The minimum absolute atomic E-state index is 0.0448. The van der Waals surface area contributed by atoms with Gasteiger partial charge in [-0.25, -0.2) is 0 Å².